The van der Waals surface area contributed by atoms with E-state index in [2.05, 4.69) is 26.2 Å². The lowest BCUT2D eigenvalue weighted by atomic mass is 9.95. The van der Waals surface area contributed by atoms with Crippen LogP contribution in [0.5, 0.6) is 0 Å². The number of rotatable bonds is 3. The van der Waals surface area contributed by atoms with Crippen LogP contribution in [0.1, 0.15) is 37.8 Å². The molecule has 0 aromatic carbocycles. The Balaban J connectivity index is 1.90. The molecule has 0 atom stereocenters. The van der Waals surface area contributed by atoms with Crippen LogP contribution in [0.3, 0.4) is 0 Å². The van der Waals surface area contributed by atoms with Gasteiger partial charge in [0.1, 0.15) is 0 Å². The number of aromatic nitrogens is 1. The number of pyridine rings is 1. The van der Waals surface area contributed by atoms with Crippen LogP contribution in [0.4, 0.5) is 0 Å². The van der Waals surface area contributed by atoms with Crippen molar-refractivity contribution in [2.75, 3.05) is 0 Å². The predicted molar refractivity (Wildman–Crippen MR) is 75.7 cm³/mol. The van der Waals surface area contributed by atoms with Gasteiger partial charge in [-0.05, 0) is 34.8 Å². The Morgan fingerprint density at radius 3 is 2.83 bits per heavy atom. The number of hydrogen-bond donors (Lipinski definition) is 1. The molecule has 0 spiro atoms. The van der Waals surface area contributed by atoms with Crippen LogP contribution in [0.25, 0.3) is 0 Å². The third kappa shape index (κ3) is 3.95. The number of amides is 1. The largest absolute Gasteiger partial charge is 0.353 e. The third-order valence-electron chi connectivity index (χ3n) is 3.18. The first-order valence-electron chi connectivity index (χ1n) is 6.24. The molecular weight excluding hydrogens is 316 g/mol. The predicted octanol–water partition coefficient (Wildman–Crippen LogP) is 3.49. The molecule has 1 amide bonds. The Morgan fingerprint density at radius 1 is 1.44 bits per heavy atom. The zero-order valence-corrected chi connectivity index (χ0v) is 12.4. The molecule has 1 saturated carbocycles. The van der Waals surface area contributed by atoms with Crippen LogP contribution in [-0.4, -0.2) is 16.9 Å². The molecular formula is C13H16BrClN2O. The van der Waals surface area contributed by atoms with Crippen molar-refractivity contribution in [3.8, 4) is 0 Å². The molecule has 2 rings (SSSR count). The van der Waals surface area contributed by atoms with Crippen molar-refractivity contribution < 1.29 is 4.79 Å². The Labute approximate surface area is 120 Å². The molecule has 0 unspecified atom stereocenters. The first-order valence-corrected chi connectivity index (χ1v) is 7.41. The second-order valence-electron chi connectivity index (χ2n) is 4.66. The summed E-state index contributed by atoms with van der Waals surface area (Å²) in [6, 6.07) is 2.10. The van der Waals surface area contributed by atoms with Gasteiger partial charge in [0.15, 0.2) is 0 Å². The first-order chi connectivity index (χ1) is 8.65. The Morgan fingerprint density at radius 2 is 2.17 bits per heavy atom. The number of carbonyl (C=O) groups is 1. The fraction of sp³-hybridized carbons (Fsp3) is 0.538. The van der Waals surface area contributed by atoms with Crippen molar-refractivity contribution >= 4 is 33.4 Å². The SMILES string of the molecule is O=C(Cc1ncc(Br)cc1Cl)NC1CCCCC1. The molecule has 1 aromatic heterocycles. The average molecular weight is 332 g/mol. The minimum absolute atomic E-state index is 0.0126. The van der Waals surface area contributed by atoms with E-state index in [4.69, 9.17) is 11.6 Å². The summed E-state index contributed by atoms with van der Waals surface area (Å²) in [6.45, 7) is 0. The molecule has 1 aromatic rings. The zero-order chi connectivity index (χ0) is 13.0. The van der Waals surface area contributed by atoms with Crippen LogP contribution in [0, 0.1) is 0 Å². The van der Waals surface area contributed by atoms with E-state index in [1.807, 2.05) is 0 Å². The fourth-order valence-electron chi connectivity index (χ4n) is 2.25. The summed E-state index contributed by atoms with van der Waals surface area (Å²) in [7, 11) is 0. The second-order valence-corrected chi connectivity index (χ2v) is 5.98. The molecule has 1 aliphatic rings. The topological polar surface area (TPSA) is 42.0 Å². The summed E-state index contributed by atoms with van der Waals surface area (Å²) in [6.07, 6.45) is 7.80. The number of hydrogen-bond acceptors (Lipinski definition) is 2. The molecule has 0 saturated heterocycles. The molecule has 1 heterocycles. The highest BCUT2D eigenvalue weighted by Crippen LogP contribution is 2.20. The maximum atomic E-state index is 11.9. The Hall–Kier alpha value is -0.610. The van der Waals surface area contributed by atoms with Crippen molar-refractivity contribution in [2.24, 2.45) is 0 Å². The van der Waals surface area contributed by atoms with Crippen LogP contribution in [-0.2, 0) is 11.2 Å². The van der Waals surface area contributed by atoms with Gasteiger partial charge < -0.3 is 5.32 Å². The first kappa shape index (κ1) is 13.8. The lowest BCUT2D eigenvalue weighted by molar-refractivity contribution is -0.121. The molecule has 0 bridgehead atoms. The summed E-state index contributed by atoms with van der Waals surface area (Å²) in [5.74, 6) is 0.0126. The van der Waals surface area contributed by atoms with E-state index < -0.39 is 0 Å². The van der Waals surface area contributed by atoms with E-state index in [0.717, 1.165) is 17.3 Å². The van der Waals surface area contributed by atoms with Gasteiger partial charge >= 0.3 is 0 Å². The zero-order valence-electron chi connectivity index (χ0n) is 10.1. The smallest absolute Gasteiger partial charge is 0.226 e. The molecule has 1 fully saturated rings. The van der Waals surface area contributed by atoms with E-state index in [1.54, 1.807) is 12.3 Å². The van der Waals surface area contributed by atoms with Crippen LogP contribution < -0.4 is 5.32 Å². The summed E-state index contributed by atoms with van der Waals surface area (Å²) in [5.41, 5.74) is 0.633. The normalized spacial score (nSPS) is 16.6. The Bertz CT molecular complexity index is 433. The van der Waals surface area contributed by atoms with Crippen LogP contribution in [0.15, 0.2) is 16.7 Å². The van der Waals surface area contributed by atoms with Crippen molar-refractivity contribution in [1.29, 1.82) is 0 Å². The summed E-state index contributed by atoms with van der Waals surface area (Å²) < 4.78 is 0.823. The Kier molecular flexibility index (Phi) is 5.01. The molecule has 1 aliphatic carbocycles. The number of nitrogens with zero attached hydrogens (tertiary/aromatic N) is 1. The van der Waals surface area contributed by atoms with E-state index in [0.29, 0.717) is 16.8 Å². The minimum atomic E-state index is 0.0126. The molecule has 0 aliphatic heterocycles. The van der Waals surface area contributed by atoms with Crippen molar-refractivity contribution in [2.45, 2.75) is 44.6 Å². The standard InChI is InChI=1S/C13H16BrClN2O/c14-9-6-11(15)12(16-8-9)7-13(18)17-10-4-2-1-3-5-10/h6,8,10H,1-5,7H2,(H,17,18). The molecule has 3 nitrogen and oxygen atoms in total. The van der Waals surface area contributed by atoms with Gasteiger partial charge in [-0.25, -0.2) is 0 Å². The average Bonchev–Trinajstić information content (AvgIpc) is 2.34. The number of halogens is 2. The molecule has 0 radical (unpaired) electrons. The fourth-order valence-corrected chi connectivity index (χ4v) is 2.95. The van der Waals surface area contributed by atoms with Gasteiger partial charge in [-0.3, -0.25) is 9.78 Å². The van der Waals surface area contributed by atoms with Gasteiger partial charge in [0.2, 0.25) is 5.91 Å². The van der Waals surface area contributed by atoms with E-state index >= 15 is 0 Å². The van der Waals surface area contributed by atoms with Crippen LogP contribution in [0.2, 0.25) is 5.02 Å². The van der Waals surface area contributed by atoms with Gasteiger partial charge in [0, 0.05) is 16.7 Å². The summed E-state index contributed by atoms with van der Waals surface area (Å²) in [4.78, 5) is 16.1. The lowest BCUT2D eigenvalue weighted by Crippen LogP contribution is -2.37. The molecule has 18 heavy (non-hydrogen) atoms. The van der Waals surface area contributed by atoms with Crippen molar-refractivity contribution in [3.63, 3.8) is 0 Å². The molecule has 1 N–H and O–H groups in total. The molecule has 98 valence electrons. The minimum Gasteiger partial charge on any atom is -0.353 e. The van der Waals surface area contributed by atoms with E-state index in [9.17, 15) is 4.79 Å². The van der Waals surface area contributed by atoms with E-state index in [1.165, 1.54) is 19.3 Å². The molecule has 5 heteroatoms. The van der Waals surface area contributed by atoms with Crippen molar-refractivity contribution in [3.05, 3.63) is 27.5 Å². The highest BCUT2D eigenvalue weighted by atomic mass is 79.9. The maximum absolute atomic E-state index is 11.9. The van der Waals surface area contributed by atoms with Gasteiger partial charge in [0.25, 0.3) is 0 Å². The maximum Gasteiger partial charge on any atom is 0.226 e. The third-order valence-corrected chi connectivity index (χ3v) is 3.94. The highest BCUT2D eigenvalue weighted by Gasteiger charge is 2.16. The summed E-state index contributed by atoms with van der Waals surface area (Å²) >= 11 is 9.34. The van der Waals surface area contributed by atoms with Crippen LogP contribution >= 0.6 is 27.5 Å². The van der Waals surface area contributed by atoms with Gasteiger partial charge in [0.05, 0.1) is 17.1 Å². The summed E-state index contributed by atoms with van der Waals surface area (Å²) in [5, 5.41) is 3.59. The monoisotopic (exact) mass is 330 g/mol. The second kappa shape index (κ2) is 6.53. The number of carbonyl (C=O) groups excluding carboxylic acids is 1. The highest BCUT2D eigenvalue weighted by molar-refractivity contribution is 9.10. The van der Waals surface area contributed by atoms with Gasteiger partial charge in [-0.15, -0.1) is 0 Å². The van der Waals surface area contributed by atoms with Gasteiger partial charge in [-0.1, -0.05) is 30.9 Å². The van der Waals surface area contributed by atoms with Crippen molar-refractivity contribution in [1.82, 2.24) is 10.3 Å². The number of nitrogens with one attached hydrogen (secondary N) is 1. The lowest BCUT2D eigenvalue weighted by Gasteiger charge is -2.22. The van der Waals surface area contributed by atoms with Gasteiger partial charge in [-0.2, -0.15) is 0 Å². The van der Waals surface area contributed by atoms with E-state index in [-0.39, 0.29) is 12.3 Å². The quantitative estimate of drug-likeness (QED) is 0.921.